The van der Waals surface area contributed by atoms with Crippen LogP contribution < -0.4 is 20.3 Å². The molecule has 50 heavy (non-hydrogen) atoms. The fourth-order valence-corrected chi connectivity index (χ4v) is 6.08. The van der Waals surface area contributed by atoms with Crippen LogP contribution in [0.4, 0.5) is 29.3 Å². The third-order valence-electron chi connectivity index (χ3n) is 8.41. The Balaban J connectivity index is 1.32. The number of aryl methyl sites for hydroxylation is 2. The van der Waals surface area contributed by atoms with Gasteiger partial charge in [0.15, 0.2) is 0 Å². The summed E-state index contributed by atoms with van der Waals surface area (Å²) in [6.45, 7) is 4.19. The number of halogens is 3. The number of benzene rings is 4. The van der Waals surface area contributed by atoms with Crippen molar-refractivity contribution < 1.29 is 42.1 Å². The summed E-state index contributed by atoms with van der Waals surface area (Å²) in [7, 11) is 0. The normalized spacial score (nSPS) is 14.3. The number of carboxylic acids is 1. The molecule has 1 saturated heterocycles. The van der Waals surface area contributed by atoms with Gasteiger partial charge in [0.1, 0.15) is 12.4 Å². The monoisotopic (exact) mass is 689 g/mol. The molecule has 0 bridgehead atoms. The standard InChI is InChI=1S/C38H38F3N3O6/c1-24-17-30(49-16-14-26-9-5-3-6-10-26)18-25(2)35(24)36(47)43-32-19-28(20-34(45)46)33(21-31(32)38(39,40)41)44-15-13-29(22-44)42-37(48)50-23-27-11-7-4-8-12-27/h3-12,17-19,21,29H,13-16,20,22-23H2,1-2H3,(H,42,48)(H,43,47)(H,45,46)/t29-/m1/s1. The van der Waals surface area contributed by atoms with Gasteiger partial charge in [-0.15, -0.1) is 0 Å². The molecule has 4 aromatic carbocycles. The maximum atomic E-state index is 14.5. The quantitative estimate of drug-likeness (QED) is 0.143. The van der Waals surface area contributed by atoms with Crippen LogP contribution in [0.1, 0.15) is 50.2 Å². The van der Waals surface area contributed by atoms with Gasteiger partial charge in [0, 0.05) is 30.8 Å². The van der Waals surface area contributed by atoms with Crippen LogP contribution in [-0.2, 0) is 35.2 Å². The molecule has 4 aromatic rings. The van der Waals surface area contributed by atoms with Gasteiger partial charge in [-0.3, -0.25) is 9.59 Å². The summed E-state index contributed by atoms with van der Waals surface area (Å²) in [5, 5.41) is 14.8. The highest BCUT2D eigenvalue weighted by Crippen LogP contribution is 2.40. The van der Waals surface area contributed by atoms with Crippen LogP contribution in [0.2, 0.25) is 0 Å². The van der Waals surface area contributed by atoms with Crippen LogP contribution in [0.3, 0.4) is 0 Å². The first-order valence-electron chi connectivity index (χ1n) is 16.1. The van der Waals surface area contributed by atoms with Crippen LogP contribution >= 0.6 is 0 Å². The fourth-order valence-electron chi connectivity index (χ4n) is 6.08. The number of aliphatic carboxylic acids is 1. The van der Waals surface area contributed by atoms with Gasteiger partial charge < -0.3 is 30.1 Å². The molecule has 1 fully saturated rings. The largest absolute Gasteiger partial charge is 0.493 e. The molecule has 3 N–H and O–H groups in total. The van der Waals surface area contributed by atoms with Gasteiger partial charge in [0.25, 0.3) is 5.91 Å². The lowest BCUT2D eigenvalue weighted by atomic mass is 9.99. The average Bonchev–Trinajstić information content (AvgIpc) is 3.51. The lowest BCUT2D eigenvalue weighted by molar-refractivity contribution is -0.137. The van der Waals surface area contributed by atoms with Crippen LogP contribution in [-0.4, -0.2) is 48.8 Å². The second-order valence-electron chi connectivity index (χ2n) is 12.2. The van der Waals surface area contributed by atoms with E-state index in [2.05, 4.69) is 10.6 Å². The number of ether oxygens (including phenoxy) is 2. The van der Waals surface area contributed by atoms with Crippen molar-refractivity contribution in [2.75, 3.05) is 29.9 Å². The summed E-state index contributed by atoms with van der Waals surface area (Å²) in [6, 6.07) is 23.7. The van der Waals surface area contributed by atoms with E-state index in [-0.39, 0.29) is 36.5 Å². The van der Waals surface area contributed by atoms with Crippen molar-refractivity contribution in [2.24, 2.45) is 0 Å². The molecule has 262 valence electrons. The number of amides is 2. The number of hydrogen-bond acceptors (Lipinski definition) is 6. The summed E-state index contributed by atoms with van der Waals surface area (Å²) in [5.74, 6) is -1.49. The van der Waals surface area contributed by atoms with E-state index in [1.54, 1.807) is 43.0 Å². The minimum atomic E-state index is -4.88. The van der Waals surface area contributed by atoms with E-state index in [9.17, 15) is 32.7 Å². The van der Waals surface area contributed by atoms with Gasteiger partial charge in [0.2, 0.25) is 0 Å². The minimum Gasteiger partial charge on any atom is -0.493 e. The number of anilines is 2. The van der Waals surface area contributed by atoms with Gasteiger partial charge in [-0.25, -0.2) is 4.79 Å². The van der Waals surface area contributed by atoms with Crippen molar-refractivity contribution >= 4 is 29.3 Å². The zero-order valence-electron chi connectivity index (χ0n) is 27.7. The molecule has 0 aliphatic carbocycles. The molecular formula is C38H38F3N3O6. The Labute approximate surface area is 288 Å². The molecule has 0 spiro atoms. The van der Waals surface area contributed by atoms with Crippen molar-refractivity contribution in [1.29, 1.82) is 0 Å². The first kappa shape index (κ1) is 35.8. The Morgan fingerprint density at radius 1 is 0.920 bits per heavy atom. The third-order valence-corrected chi connectivity index (χ3v) is 8.41. The smallest absolute Gasteiger partial charge is 0.418 e. The second-order valence-corrected chi connectivity index (χ2v) is 12.2. The number of rotatable bonds is 12. The Kier molecular flexibility index (Phi) is 11.3. The van der Waals surface area contributed by atoms with Gasteiger partial charge in [-0.1, -0.05) is 60.7 Å². The lowest BCUT2D eigenvalue weighted by Crippen LogP contribution is -2.37. The number of nitrogens with one attached hydrogen (secondary N) is 2. The Hall–Kier alpha value is -5.52. The molecule has 5 rings (SSSR count). The molecule has 1 aliphatic rings. The molecule has 0 aromatic heterocycles. The van der Waals surface area contributed by atoms with E-state index in [0.717, 1.165) is 23.3 Å². The van der Waals surface area contributed by atoms with Gasteiger partial charge >= 0.3 is 18.2 Å². The van der Waals surface area contributed by atoms with Crippen LogP contribution in [0.15, 0.2) is 84.9 Å². The Bertz CT molecular complexity index is 1810. The van der Waals surface area contributed by atoms with Gasteiger partial charge in [-0.2, -0.15) is 13.2 Å². The predicted molar refractivity (Wildman–Crippen MR) is 183 cm³/mol. The van der Waals surface area contributed by atoms with Crippen molar-refractivity contribution in [3.63, 3.8) is 0 Å². The number of alkyl carbamates (subject to hydrolysis) is 1. The van der Waals surface area contributed by atoms with Crippen LogP contribution in [0, 0.1) is 13.8 Å². The number of carboxylic acid groups (broad SMARTS) is 1. The van der Waals surface area contributed by atoms with Crippen molar-refractivity contribution in [3.05, 3.63) is 124 Å². The first-order valence-corrected chi connectivity index (χ1v) is 16.1. The molecule has 2 amide bonds. The molecule has 0 saturated carbocycles. The van der Waals surface area contributed by atoms with Crippen molar-refractivity contribution in [2.45, 2.75) is 51.9 Å². The molecule has 0 radical (unpaired) electrons. The summed E-state index contributed by atoms with van der Waals surface area (Å²) in [4.78, 5) is 39.4. The predicted octanol–water partition coefficient (Wildman–Crippen LogP) is 7.33. The Morgan fingerprint density at radius 2 is 1.56 bits per heavy atom. The summed E-state index contributed by atoms with van der Waals surface area (Å²) in [5.41, 5.74) is 1.57. The van der Waals surface area contributed by atoms with Crippen molar-refractivity contribution in [3.8, 4) is 5.75 Å². The van der Waals surface area contributed by atoms with E-state index in [0.29, 0.717) is 36.3 Å². The highest BCUT2D eigenvalue weighted by molar-refractivity contribution is 6.07. The zero-order valence-corrected chi connectivity index (χ0v) is 27.7. The third kappa shape index (κ3) is 9.34. The number of carbonyl (C=O) groups is 3. The lowest BCUT2D eigenvalue weighted by Gasteiger charge is -2.25. The van der Waals surface area contributed by atoms with Crippen LogP contribution in [0.25, 0.3) is 0 Å². The molecule has 0 unspecified atom stereocenters. The summed E-state index contributed by atoms with van der Waals surface area (Å²) >= 11 is 0. The van der Waals surface area contributed by atoms with E-state index in [4.69, 9.17) is 9.47 Å². The van der Waals surface area contributed by atoms with E-state index < -0.39 is 47.9 Å². The van der Waals surface area contributed by atoms with Gasteiger partial charge in [0.05, 0.1) is 30.3 Å². The van der Waals surface area contributed by atoms with Crippen molar-refractivity contribution in [1.82, 2.24) is 5.32 Å². The molecule has 9 nitrogen and oxygen atoms in total. The molecule has 12 heteroatoms. The highest BCUT2D eigenvalue weighted by Gasteiger charge is 2.37. The number of hydrogen-bond donors (Lipinski definition) is 3. The fraction of sp³-hybridized carbons (Fsp3) is 0.289. The molecule has 1 heterocycles. The van der Waals surface area contributed by atoms with Crippen LogP contribution in [0.5, 0.6) is 5.75 Å². The SMILES string of the molecule is Cc1cc(OCCc2ccccc2)cc(C)c1C(=O)Nc1cc(CC(=O)O)c(N2CC[C@@H](NC(=O)OCc3ccccc3)C2)cc1C(F)(F)F. The summed E-state index contributed by atoms with van der Waals surface area (Å²) < 4.78 is 54.7. The molecule has 1 atom stereocenters. The average molecular weight is 690 g/mol. The Morgan fingerprint density at radius 3 is 2.18 bits per heavy atom. The van der Waals surface area contributed by atoms with E-state index >= 15 is 0 Å². The van der Waals surface area contributed by atoms with E-state index in [1.165, 1.54) is 0 Å². The molecular weight excluding hydrogens is 651 g/mol. The minimum absolute atomic E-state index is 0.0553. The number of nitrogens with zero attached hydrogens (tertiary/aromatic N) is 1. The summed E-state index contributed by atoms with van der Waals surface area (Å²) in [6.07, 6.45) is -5.06. The second kappa shape index (κ2) is 15.8. The van der Waals surface area contributed by atoms with E-state index in [1.807, 2.05) is 48.5 Å². The maximum Gasteiger partial charge on any atom is 0.418 e. The topological polar surface area (TPSA) is 117 Å². The van der Waals surface area contributed by atoms with Gasteiger partial charge in [-0.05, 0) is 72.4 Å². The zero-order chi connectivity index (χ0) is 35.8. The number of carbonyl (C=O) groups excluding carboxylic acids is 2. The first-order chi connectivity index (χ1) is 23.9. The molecule has 1 aliphatic heterocycles. The highest BCUT2D eigenvalue weighted by atomic mass is 19.4. The number of alkyl halides is 3. The maximum absolute atomic E-state index is 14.5.